The van der Waals surface area contributed by atoms with Gasteiger partial charge in [0.2, 0.25) is 0 Å². The van der Waals surface area contributed by atoms with Crippen LogP contribution in [-0.2, 0) is 0 Å². The van der Waals surface area contributed by atoms with Gasteiger partial charge in [0.25, 0.3) is 0 Å². The number of thiazole rings is 1. The molecular formula is C17H13N3S2. The Balaban J connectivity index is 1.90. The summed E-state index contributed by atoms with van der Waals surface area (Å²) in [5.41, 5.74) is 3.72. The lowest BCUT2D eigenvalue weighted by Gasteiger charge is -2.00. The van der Waals surface area contributed by atoms with Gasteiger partial charge in [-0.3, -0.25) is 0 Å². The molecule has 1 aromatic carbocycles. The highest BCUT2D eigenvalue weighted by molar-refractivity contribution is 7.99. The van der Waals surface area contributed by atoms with Crippen LogP contribution in [0.25, 0.3) is 21.8 Å². The molecule has 0 saturated carbocycles. The quantitative estimate of drug-likeness (QED) is 0.644. The number of hydrogen-bond donors (Lipinski definition) is 0. The predicted octanol–water partition coefficient (Wildman–Crippen LogP) is 4.86. The van der Waals surface area contributed by atoms with Gasteiger partial charge in [-0.1, -0.05) is 19.1 Å². The van der Waals surface area contributed by atoms with E-state index in [-0.39, 0.29) is 0 Å². The zero-order valence-electron chi connectivity index (χ0n) is 12.0. The number of nitrogens with zero attached hydrogens (tertiary/aromatic N) is 3. The highest BCUT2D eigenvalue weighted by Gasteiger charge is 2.08. The fraction of sp³-hybridized carbons (Fsp3) is 0.118. The van der Waals surface area contributed by atoms with Gasteiger partial charge >= 0.3 is 0 Å². The van der Waals surface area contributed by atoms with E-state index in [4.69, 9.17) is 10.2 Å². The summed E-state index contributed by atoms with van der Waals surface area (Å²) in [6.07, 6.45) is 1.83. The molecule has 3 aromatic rings. The van der Waals surface area contributed by atoms with Gasteiger partial charge in [0.05, 0.1) is 22.4 Å². The monoisotopic (exact) mass is 323 g/mol. The van der Waals surface area contributed by atoms with Gasteiger partial charge in [0.1, 0.15) is 5.01 Å². The second-order valence-electron chi connectivity index (χ2n) is 4.54. The molecule has 0 amide bonds. The fourth-order valence-corrected chi connectivity index (χ4v) is 3.49. The molecule has 0 aliphatic carbocycles. The Kier molecular flexibility index (Phi) is 4.52. The van der Waals surface area contributed by atoms with Gasteiger partial charge in [0.15, 0.2) is 0 Å². The molecule has 0 aliphatic heterocycles. The third-order valence-electron chi connectivity index (χ3n) is 3.09. The molecule has 0 aliphatic rings. The Hall–Kier alpha value is -2.16. The van der Waals surface area contributed by atoms with Crippen LogP contribution in [0.5, 0.6) is 0 Å². The number of rotatable bonds is 4. The van der Waals surface area contributed by atoms with Crippen LogP contribution in [0.15, 0.2) is 53.0 Å². The molecule has 0 saturated heterocycles. The van der Waals surface area contributed by atoms with E-state index < -0.39 is 0 Å². The van der Waals surface area contributed by atoms with Crippen LogP contribution >= 0.6 is 23.1 Å². The molecule has 5 heteroatoms. The maximum absolute atomic E-state index is 8.85. The van der Waals surface area contributed by atoms with Crippen molar-refractivity contribution in [2.24, 2.45) is 0 Å². The molecule has 3 rings (SSSR count). The zero-order valence-corrected chi connectivity index (χ0v) is 13.6. The summed E-state index contributed by atoms with van der Waals surface area (Å²) in [7, 11) is 0. The third kappa shape index (κ3) is 3.19. The zero-order chi connectivity index (χ0) is 15.4. The molecule has 0 radical (unpaired) electrons. The Bertz CT molecular complexity index is 816. The molecule has 0 atom stereocenters. The number of pyridine rings is 1. The minimum Gasteiger partial charge on any atom is -0.250 e. The third-order valence-corrected chi connectivity index (χ3v) is 4.79. The van der Waals surface area contributed by atoms with Crippen LogP contribution in [-0.4, -0.2) is 15.7 Å². The summed E-state index contributed by atoms with van der Waals surface area (Å²) >= 11 is 3.35. The Morgan fingerprint density at radius 1 is 1.18 bits per heavy atom. The molecule has 0 unspecified atom stereocenters. The van der Waals surface area contributed by atoms with Crippen LogP contribution in [0, 0.1) is 11.3 Å². The summed E-state index contributed by atoms with van der Waals surface area (Å²) in [6, 6.07) is 13.7. The molecule has 0 bridgehead atoms. The second kappa shape index (κ2) is 6.73. The highest BCUT2D eigenvalue weighted by atomic mass is 32.2. The molecular weight excluding hydrogens is 310 g/mol. The summed E-state index contributed by atoms with van der Waals surface area (Å²) < 4.78 is 0. The topological polar surface area (TPSA) is 49.6 Å². The van der Waals surface area contributed by atoms with E-state index in [1.165, 1.54) is 0 Å². The van der Waals surface area contributed by atoms with Gasteiger partial charge in [-0.2, -0.15) is 5.26 Å². The molecule has 0 spiro atoms. The van der Waals surface area contributed by atoms with Crippen molar-refractivity contribution in [1.82, 2.24) is 9.97 Å². The van der Waals surface area contributed by atoms with Crippen LogP contribution < -0.4 is 0 Å². The first-order valence-corrected chi connectivity index (χ1v) is 8.72. The Morgan fingerprint density at radius 2 is 2.00 bits per heavy atom. The van der Waals surface area contributed by atoms with E-state index >= 15 is 0 Å². The van der Waals surface area contributed by atoms with E-state index in [9.17, 15) is 0 Å². The van der Waals surface area contributed by atoms with Crippen molar-refractivity contribution >= 4 is 23.1 Å². The van der Waals surface area contributed by atoms with Crippen LogP contribution in [0.4, 0.5) is 0 Å². The van der Waals surface area contributed by atoms with Crippen LogP contribution in [0.2, 0.25) is 0 Å². The fourth-order valence-electron chi connectivity index (χ4n) is 2.02. The minimum atomic E-state index is 0.662. The lowest BCUT2D eigenvalue weighted by Crippen LogP contribution is -1.84. The maximum Gasteiger partial charge on any atom is 0.124 e. The highest BCUT2D eigenvalue weighted by Crippen LogP contribution is 2.30. The summed E-state index contributed by atoms with van der Waals surface area (Å²) in [6.45, 7) is 2.12. The van der Waals surface area contributed by atoms with E-state index in [1.54, 1.807) is 23.1 Å². The molecule has 2 heterocycles. The average molecular weight is 323 g/mol. The first-order chi connectivity index (χ1) is 10.8. The van der Waals surface area contributed by atoms with E-state index in [2.05, 4.69) is 24.0 Å². The smallest absolute Gasteiger partial charge is 0.124 e. The molecule has 22 heavy (non-hydrogen) atoms. The number of hydrogen-bond acceptors (Lipinski definition) is 5. The van der Waals surface area contributed by atoms with Gasteiger partial charge in [-0.05, 0) is 30.0 Å². The summed E-state index contributed by atoms with van der Waals surface area (Å²) in [5.74, 6) is 1.00. The Morgan fingerprint density at radius 3 is 2.73 bits per heavy atom. The lowest BCUT2D eigenvalue weighted by atomic mass is 10.1. The van der Waals surface area contributed by atoms with Gasteiger partial charge in [-0.15, -0.1) is 23.1 Å². The lowest BCUT2D eigenvalue weighted by molar-refractivity contribution is 1.13. The summed E-state index contributed by atoms with van der Waals surface area (Å²) in [5, 5.41) is 12.9. The second-order valence-corrected chi connectivity index (χ2v) is 6.69. The largest absolute Gasteiger partial charge is 0.250 e. The van der Waals surface area contributed by atoms with Crippen molar-refractivity contribution < 1.29 is 0 Å². The molecule has 3 nitrogen and oxygen atoms in total. The van der Waals surface area contributed by atoms with E-state index in [0.717, 1.165) is 32.6 Å². The predicted molar refractivity (Wildman–Crippen MR) is 91.9 cm³/mol. The number of aromatic nitrogens is 2. The first-order valence-electron chi connectivity index (χ1n) is 6.85. The van der Waals surface area contributed by atoms with Crippen molar-refractivity contribution in [2.45, 2.75) is 11.9 Å². The van der Waals surface area contributed by atoms with Crippen molar-refractivity contribution in [3.8, 4) is 27.9 Å². The average Bonchev–Trinajstić information content (AvgIpc) is 3.06. The summed E-state index contributed by atoms with van der Waals surface area (Å²) in [4.78, 5) is 9.05. The van der Waals surface area contributed by atoms with Crippen LogP contribution in [0.3, 0.4) is 0 Å². The van der Waals surface area contributed by atoms with Crippen LogP contribution in [0.1, 0.15) is 12.5 Å². The van der Waals surface area contributed by atoms with Crippen molar-refractivity contribution in [1.29, 1.82) is 5.26 Å². The van der Waals surface area contributed by atoms with Gasteiger partial charge in [0, 0.05) is 22.7 Å². The van der Waals surface area contributed by atoms with E-state index in [1.807, 2.05) is 41.9 Å². The van der Waals surface area contributed by atoms with Gasteiger partial charge < -0.3 is 0 Å². The normalized spacial score (nSPS) is 10.4. The van der Waals surface area contributed by atoms with Crippen molar-refractivity contribution in [2.75, 3.05) is 5.75 Å². The standard InChI is InChI=1S/C17H13N3S2/c1-2-21-16-9-14(7-8-19-16)17-20-15(11-22-17)13-5-3-12(10-18)4-6-13/h3-9,11H,2H2,1H3. The van der Waals surface area contributed by atoms with Gasteiger partial charge in [-0.25, -0.2) is 9.97 Å². The molecule has 2 aromatic heterocycles. The Labute approximate surface area is 137 Å². The molecule has 108 valence electrons. The molecule has 0 fully saturated rings. The van der Waals surface area contributed by atoms with Crippen molar-refractivity contribution in [3.63, 3.8) is 0 Å². The number of benzene rings is 1. The number of nitriles is 1. The first kappa shape index (κ1) is 14.8. The SMILES string of the molecule is CCSc1cc(-c2nc(-c3ccc(C#N)cc3)cs2)ccn1. The molecule has 0 N–H and O–H groups in total. The number of thioether (sulfide) groups is 1. The maximum atomic E-state index is 8.85. The van der Waals surface area contributed by atoms with Crippen molar-refractivity contribution in [3.05, 3.63) is 53.5 Å². The van der Waals surface area contributed by atoms with E-state index in [0.29, 0.717) is 5.56 Å². The minimum absolute atomic E-state index is 0.662.